The van der Waals surface area contributed by atoms with Crippen molar-refractivity contribution in [2.75, 3.05) is 6.61 Å². The molecule has 1 aromatic carbocycles. The number of thiophene rings is 1. The summed E-state index contributed by atoms with van der Waals surface area (Å²) in [5.74, 6) is 5.22. The maximum absolute atomic E-state index is 12.4. The summed E-state index contributed by atoms with van der Waals surface area (Å²) in [4.78, 5) is 1.16. The highest BCUT2D eigenvalue weighted by Crippen LogP contribution is 2.17. The predicted molar refractivity (Wildman–Crippen MR) is 83.5 cm³/mol. The van der Waals surface area contributed by atoms with Gasteiger partial charge in [-0.3, -0.25) is 0 Å². The molecule has 1 heterocycles. The van der Waals surface area contributed by atoms with E-state index in [1.54, 1.807) is 19.1 Å². The molecule has 2 aromatic rings. The first-order chi connectivity index (χ1) is 10.0. The van der Waals surface area contributed by atoms with E-state index >= 15 is 0 Å². The average molecular weight is 321 g/mol. The number of aryl methyl sites for hydroxylation is 1. The molecule has 0 aliphatic carbocycles. The van der Waals surface area contributed by atoms with Crippen LogP contribution in [0.15, 0.2) is 40.6 Å². The van der Waals surface area contributed by atoms with E-state index in [1.165, 1.54) is 17.4 Å². The van der Waals surface area contributed by atoms with Gasteiger partial charge >= 0.3 is 0 Å². The van der Waals surface area contributed by atoms with Crippen molar-refractivity contribution in [3.8, 4) is 11.8 Å². The molecule has 0 radical (unpaired) electrons. The molecular formula is C15H15NO3S2. The summed E-state index contributed by atoms with van der Waals surface area (Å²) in [7, 11) is -3.59. The van der Waals surface area contributed by atoms with Crippen molar-refractivity contribution < 1.29 is 13.5 Å². The van der Waals surface area contributed by atoms with E-state index in [2.05, 4.69) is 16.6 Å². The third kappa shape index (κ3) is 4.16. The van der Waals surface area contributed by atoms with Gasteiger partial charge in [0.15, 0.2) is 0 Å². The number of sulfonamides is 1. The van der Waals surface area contributed by atoms with Crippen molar-refractivity contribution in [1.82, 2.24) is 4.72 Å². The molecule has 0 atom stereocenters. The van der Waals surface area contributed by atoms with Crippen LogP contribution < -0.4 is 4.72 Å². The molecule has 0 saturated heterocycles. The summed E-state index contributed by atoms with van der Waals surface area (Å²) in [5, 5.41) is 10.6. The Kier molecular flexibility index (Phi) is 5.15. The third-order valence-electron chi connectivity index (χ3n) is 2.81. The van der Waals surface area contributed by atoms with Gasteiger partial charge in [-0.15, -0.1) is 11.3 Å². The number of aliphatic hydroxyl groups is 1. The van der Waals surface area contributed by atoms with Crippen LogP contribution in [0.5, 0.6) is 0 Å². The lowest BCUT2D eigenvalue weighted by Crippen LogP contribution is -2.23. The minimum Gasteiger partial charge on any atom is -0.384 e. The largest absolute Gasteiger partial charge is 0.384 e. The summed E-state index contributed by atoms with van der Waals surface area (Å²) in [6, 6.07) is 8.72. The minimum absolute atomic E-state index is 0.212. The topological polar surface area (TPSA) is 66.4 Å². The standard InChI is InChI=1S/C15H15NO3S2/c1-12-6-7-13(4-2-8-17)10-15(12)21(18,19)16-11-14-5-3-9-20-14/h3,5-7,9-10,16-17H,8,11H2,1H3. The average Bonchev–Trinajstić information content (AvgIpc) is 2.97. The van der Waals surface area contributed by atoms with Gasteiger partial charge in [-0.25, -0.2) is 13.1 Å². The van der Waals surface area contributed by atoms with Gasteiger partial charge < -0.3 is 5.11 Å². The Balaban J connectivity index is 2.26. The maximum atomic E-state index is 12.4. The van der Waals surface area contributed by atoms with Crippen molar-refractivity contribution in [1.29, 1.82) is 0 Å². The molecule has 2 N–H and O–H groups in total. The van der Waals surface area contributed by atoms with Crippen molar-refractivity contribution >= 4 is 21.4 Å². The Morgan fingerprint density at radius 2 is 2.14 bits per heavy atom. The summed E-state index contributed by atoms with van der Waals surface area (Å²) in [5.41, 5.74) is 1.22. The van der Waals surface area contributed by atoms with E-state index in [1.807, 2.05) is 17.5 Å². The van der Waals surface area contributed by atoms with Gasteiger partial charge in [0.1, 0.15) is 6.61 Å². The smallest absolute Gasteiger partial charge is 0.241 e. The second kappa shape index (κ2) is 6.87. The van der Waals surface area contributed by atoms with Crippen LogP contribution in [0.25, 0.3) is 0 Å². The molecule has 0 amide bonds. The van der Waals surface area contributed by atoms with Crippen LogP contribution in [0, 0.1) is 18.8 Å². The third-order valence-corrected chi connectivity index (χ3v) is 5.23. The highest BCUT2D eigenvalue weighted by molar-refractivity contribution is 7.89. The summed E-state index contributed by atoms with van der Waals surface area (Å²) < 4.78 is 27.3. The normalized spacial score (nSPS) is 11.0. The first-order valence-electron chi connectivity index (χ1n) is 6.25. The van der Waals surface area contributed by atoms with Crippen LogP contribution in [0.2, 0.25) is 0 Å². The maximum Gasteiger partial charge on any atom is 0.241 e. The molecule has 0 unspecified atom stereocenters. The van der Waals surface area contributed by atoms with Crippen LogP contribution >= 0.6 is 11.3 Å². The molecule has 0 aliphatic rings. The lowest BCUT2D eigenvalue weighted by atomic mass is 10.1. The Morgan fingerprint density at radius 1 is 1.33 bits per heavy atom. The van der Waals surface area contributed by atoms with Gasteiger partial charge in [0.2, 0.25) is 10.0 Å². The van der Waals surface area contributed by atoms with E-state index in [0.717, 1.165) is 4.88 Å². The van der Waals surface area contributed by atoms with Crippen molar-refractivity contribution in [2.24, 2.45) is 0 Å². The van der Waals surface area contributed by atoms with Gasteiger partial charge in [-0.2, -0.15) is 0 Å². The predicted octanol–water partition coefficient (Wildman–Crippen LogP) is 1.88. The van der Waals surface area contributed by atoms with Gasteiger partial charge in [0.05, 0.1) is 4.90 Å². The highest BCUT2D eigenvalue weighted by Gasteiger charge is 2.17. The van der Waals surface area contributed by atoms with Crippen LogP contribution in [-0.4, -0.2) is 20.1 Å². The van der Waals surface area contributed by atoms with E-state index in [-0.39, 0.29) is 18.0 Å². The number of benzene rings is 1. The van der Waals surface area contributed by atoms with E-state index in [4.69, 9.17) is 5.11 Å². The Hall–Kier alpha value is -1.65. The molecule has 0 saturated carbocycles. The number of rotatable bonds is 4. The van der Waals surface area contributed by atoms with Crippen LogP contribution in [0.1, 0.15) is 16.0 Å². The fourth-order valence-electron chi connectivity index (χ4n) is 1.77. The number of nitrogens with one attached hydrogen (secondary N) is 1. The summed E-state index contributed by atoms with van der Waals surface area (Å²) in [6.07, 6.45) is 0. The molecular weight excluding hydrogens is 306 g/mol. The van der Waals surface area contributed by atoms with E-state index in [0.29, 0.717) is 11.1 Å². The summed E-state index contributed by atoms with van der Waals surface area (Å²) in [6.45, 7) is 1.75. The highest BCUT2D eigenvalue weighted by atomic mass is 32.2. The fraction of sp³-hybridized carbons (Fsp3) is 0.200. The van der Waals surface area contributed by atoms with Crippen molar-refractivity contribution in [3.05, 3.63) is 51.7 Å². The molecule has 21 heavy (non-hydrogen) atoms. The number of hydrogen-bond acceptors (Lipinski definition) is 4. The molecule has 1 aromatic heterocycles. The molecule has 0 fully saturated rings. The zero-order valence-electron chi connectivity index (χ0n) is 11.5. The molecule has 0 bridgehead atoms. The zero-order valence-corrected chi connectivity index (χ0v) is 13.1. The first kappa shape index (κ1) is 15.7. The molecule has 6 heteroatoms. The molecule has 4 nitrogen and oxygen atoms in total. The van der Waals surface area contributed by atoms with Crippen molar-refractivity contribution in [2.45, 2.75) is 18.4 Å². The van der Waals surface area contributed by atoms with Crippen LogP contribution in [0.3, 0.4) is 0 Å². The van der Waals surface area contributed by atoms with Gasteiger partial charge in [-0.05, 0) is 36.1 Å². The molecule has 110 valence electrons. The molecule has 0 spiro atoms. The quantitative estimate of drug-likeness (QED) is 0.845. The van der Waals surface area contributed by atoms with E-state index < -0.39 is 10.0 Å². The fourth-order valence-corrected chi connectivity index (χ4v) is 3.78. The Labute approximate surface area is 128 Å². The minimum atomic E-state index is -3.59. The van der Waals surface area contributed by atoms with Crippen LogP contribution in [0.4, 0.5) is 0 Å². The van der Waals surface area contributed by atoms with Crippen molar-refractivity contribution in [3.63, 3.8) is 0 Å². The molecule has 2 rings (SSSR count). The van der Waals surface area contributed by atoms with Gasteiger partial charge in [-0.1, -0.05) is 24.0 Å². The monoisotopic (exact) mass is 321 g/mol. The van der Waals surface area contributed by atoms with Crippen LogP contribution in [-0.2, 0) is 16.6 Å². The summed E-state index contributed by atoms with van der Waals surface area (Å²) >= 11 is 1.50. The number of hydrogen-bond donors (Lipinski definition) is 2. The van der Waals surface area contributed by atoms with Gasteiger partial charge in [0, 0.05) is 17.0 Å². The zero-order chi connectivity index (χ0) is 15.3. The van der Waals surface area contributed by atoms with Gasteiger partial charge in [0.25, 0.3) is 0 Å². The Bertz CT molecular complexity index is 769. The second-order valence-electron chi connectivity index (χ2n) is 4.34. The lowest BCUT2D eigenvalue weighted by molar-refractivity contribution is 0.350. The van der Waals surface area contributed by atoms with E-state index in [9.17, 15) is 8.42 Å². The lowest BCUT2D eigenvalue weighted by Gasteiger charge is -2.09. The SMILES string of the molecule is Cc1ccc(C#CCO)cc1S(=O)(=O)NCc1cccs1. The second-order valence-corrected chi connectivity index (χ2v) is 7.11. The first-order valence-corrected chi connectivity index (χ1v) is 8.61. The molecule has 0 aliphatic heterocycles. The number of aliphatic hydroxyl groups excluding tert-OH is 1. The Morgan fingerprint density at radius 3 is 2.81 bits per heavy atom.